The van der Waals surface area contributed by atoms with Crippen molar-refractivity contribution >= 4 is 6.09 Å². The van der Waals surface area contributed by atoms with E-state index in [4.69, 9.17) is 10.5 Å². The summed E-state index contributed by atoms with van der Waals surface area (Å²) in [6.45, 7) is 12.1. The van der Waals surface area contributed by atoms with Gasteiger partial charge in [0, 0.05) is 12.6 Å². The Kier molecular flexibility index (Phi) is 8.76. The minimum atomic E-state index is -0.454. The SMILES string of the molecule is CC(C)CC(CNC(=O)OC(C)(C)C)NCCCN. The van der Waals surface area contributed by atoms with Gasteiger partial charge in [0.2, 0.25) is 0 Å². The number of alkyl carbamates (subject to hydrolysis) is 1. The number of nitrogens with two attached hydrogens (primary N) is 1. The maximum Gasteiger partial charge on any atom is 0.407 e. The molecule has 0 aliphatic heterocycles. The van der Waals surface area contributed by atoms with E-state index in [1.807, 2.05) is 20.8 Å². The van der Waals surface area contributed by atoms with E-state index in [-0.39, 0.29) is 12.1 Å². The van der Waals surface area contributed by atoms with Gasteiger partial charge in [-0.2, -0.15) is 0 Å². The molecule has 5 heteroatoms. The molecule has 0 rings (SSSR count). The Morgan fingerprint density at radius 1 is 1.32 bits per heavy atom. The first-order chi connectivity index (χ1) is 8.74. The van der Waals surface area contributed by atoms with Gasteiger partial charge in [-0.1, -0.05) is 13.8 Å². The second-order valence-corrected chi connectivity index (χ2v) is 6.31. The highest BCUT2D eigenvalue weighted by Gasteiger charge is 2.17. The van der Waals surface area contributed by atoms with Crippen molar-refractivity contribution in [1.82, 2.24) is 10.6 Å². The predicted molar refractivity (Wildman–Crippen MR) is 79.2 cm³/mol. The maximum atomic E-state index is 11.6. The number of carbonyl (C=O) groups excluding carboxylic acids is 1. The molecule has 0 bridgehead atoms. The number of hydrogen-bond donors (Lipinski definition) is 3. The quantitative estimate of drug-likeness (QED) is 0.590. The Bertz CT molecular complexity index is 250. The van der Waals surface area contributed by atoms with Gasteiger partial charge in [0.15, 0.2) is 0 Å². The van der Waals surface area contributed by atoms with E-state index in [2.05, 4.69) is 24.5 Å². The molecule has 1 atom stereocenters. The van der Waals surface area contributed by atoms with Gasteiger partial charge in [0.1, 0.15) is 5.60 Å². The highest BCUT2D eigenvalue weighted by Crippen LogP contribution is 2.07. The largest absolute Gasteiger partial charge is 0.444 e. The molecule has 19 heavy (non-hydrogen) atoms. The van der Waals surface area contributed by atoms with Crippen molar-refractivity contribution in [2.24, 2.45) is 11.7 Å². The first-order valence-corrected chi connectivity index (χ1v) is 7.15. The van der Waals surface area contributed by atoms with E-state index in [1.54, 1.807) is 0 Å². The van der Waals surface area contributed by atoms with Gasteiger partial charge >= 0.3 is 6.09 Å². The molecule has 0 aliphatic rings. The second-order valence-electron chi connectivity index (χ2n) is 6.31. The third-order valence-electron chi connectivity index (χ3n) is 2.46. The standard InChI is InChI=1S/C14H31N3O2/c1-11(2)9-12(16-8-6-7-15)10-17-13(18)19-14(3,4)5/h11-12,16H,6-10,15H2,1-5H3,(H,17,18). The van der Waals surface area contributed by atoms with Crippen LogP contribution in [0.15, 0.2) is 0 Å². The number of amides is 1. The fourth-order valence-electron chi connectivity index (χ4n) is 1.74. The fourth-order valence-corrected chi connectivity index (χ4v) is 1.74. The monoisotopic (exact) mass is 273 g/mol. The Morgan fingerprint density at radius 2 is 1.95 bits per heavy atom. The smallest absolute Gasteiger partial charge is 0.407 e. The highest BCUT2D eigenvalue weighted by atomic mass is 16.6. The van der Waals surface area contributed by atoms with Gasteiger partial charge in [-0.15, -0.1) is 0 Å². The Hall–Kier alpha value is -0.810. The van der Waals surface area contributed by atoms with E-state index in [0.29, 0.717) is 19.0 Å². The Balaban J connectivity index is 4.06. The Morgan fingerprint density at radius 3 is 2.42 bits per heavy atom. The van der Waals surface area contributed by atoms with Crippen molar-refractivity contribution < 1.29 is 9.53 Å². The molecule has 1 amide bonds. The summed E-state index contributed by atoms with van der Waals surface area (Å²) in [5.41, 5.74) is 5.02. The molecule has 5 nitrogen and oxygen atoms in total. The predicted octanol–water partition coefficient (Wildman–Crippen LogP) is 1.86. The summed E-state index contributed by atoms with van der Waals surface area (Å²) in [4.78, 5) is 11.6. The molecule has 0 radical (unpaired) electrons. The number of carbonyl (C=O) groups is 1. The average molecular weight is 273 g/mol. The fraction of sp³-hybridized carbons (Fsp3) is 0.929. The van der Waals surface area contributed by atoms with E-state index in [0.717, 1.165) is 19.4 Å². The molecule has 4 N–H and O–H groups in total. The van der Waals surface area contributed by atoms with Crippen LogP contribution in [0.25, 0.3) is 0 Å². The van der Waals surface area contributed by atoms with E-state index in [9.17, 15) is 4.79 Å². The highest BCUT2D eigenvalue weighted by molar-refractivity contribution is 5.67. The van der Waals surface area contributed by atoms with Crippen molar-refractivity contribution in [1.29, 1.82) is 0 Å². The van der Waals surface area contributed by atoms with E-state index in [1.165, 1.54) is 0 Å². The van der Waals surface area contributed by atoms with E-state index >= 15 is 0 Å². The molecule has 0 spiro atoms. The molecular formula is C14H31N3O2. The molecule has 0 heterocycles. The van der Waals surface area contributed by atoms with Crippen LogP contribution in [0.4, 0.5) is 4.79 Å². The topological polar surface area (TPSA) is 76.4 Å². The van der Waals surface area contributed by atoms with Crippen molar-refractivity contribution in [3.63, 3.8) is 0 Å². The Labute approximate surface area is 117 Å². The van der Waals surface area contributed by atoms with Crippen LogP contribution in [0, 0.1) is 5.92 Å². The number of hydrogen-bond acceptors (Lipinski definition) is 4. The lowest BCUT2D eigenvalue weighted by Gasteiger charge is -2.23. The van der Waals surface area contributed by atoms with Gasteiger partial charge in [-0.3, -0.25) is 0 Å². The van der Waals surface area contributed by atoms with Crippen molar-refractivity contribution in [3.05, 3.63) is 0 Å². The lowest BCUT2D eigenvalue weighted by atomic mass is 10.0. The van der Waals surface area contributed by atoms with Crippen LogP contribution in [0.3, 0.4) is 0 Å². The summed E-state index contributed by atoms with van der Waals surface area (Å²) in [6.07, 6.45) is 1.60. The summed E-state index contributed by atoms with van der Waals surface area (Å²) < 4.78 is 5.22. The number of ether oxygens (including phenoxy) is 1. The van der Waals surface area contributed by atoms with Crippen LogP contribution in [-0.4, -0.2) is 37.4 Å². The van der Waals surface area contributed by atoms with Crippen molar-refractivity contribution in [2.75, 3.05) is 19.6 Å². The molecule has 114 valence electrons. The van der Waals surface area contributed by atoms with Crippen molar-refractivity contribution in [2.45, 2.75) is 59.1 Å². The molecule has 1 unspecified atom stereocenters. The van der Waals surface area contributed by atoms with Gasteiger partial charge in [0.05, 0.1) is 0 Å². The average Bonchev–Trinajstić information content (AvgIpc) is 2.23. The van der Waals surface area contributed by atoms with Gasteiger partial charge in [0.25, 0.3) is 0 Å². The summed E-state index contributed by atoms with van der Waals surface area (Å²) in [5, 5.41) is 6.24. The minimum Gasteiger partial charge on any atom is -0.444 e. The van der Waals surface area contributed by atoms with Crippen LogP contribution in [0.2, 0.25) is 0 Å². The first kappa shape index (κ1) is 18.2. The van der Waals surface area contributed by atoms with E-state index < -0.39 is 5.60 Å². The normalized spacial score (nSPS) is 13.4. The van der Waals surface area contributed by atoms with Crippen LogP contribution in [0.5, 0.6) is 0 Å². The second kappa shape index (κ2) is 9.15. The summed E-state index contributed by atoms with van der Waals surface area (Å²) in [5.74, 6) is 0.579. The van der Waals surface area contributed by atoms with Crippen LogP contribution in [0.1, 0.15) is 47.5 Å². The summed E-state index contributed by atoms with van der Waals surface area (Å²) in [6, 6.07) is 0.263. The lowest BCUT2D eigenvalue weighted by Crippen LogP contribution is -2.43. The molecule has 0 fully saturated rings. The number of rotatable bonds is 8. The van der Waals surface area contributed by atoms with Gasteiger partial charge in [-0.25, -0.2) is 4.79 Å². The van der Waals surface area contributed by atoms with Crippen molar-refractivity contribution in [3.8, 4) is 0 Å². The molecule has 0 aromatic carbocycles. The summed E-state index contributed by atoms with van der Waals surface area (Å²) in [7, 11) is 0. The molecular weight excluding hydrogens is 242 g/mol. The van der Waals surface area contributed by atoms with Crippen LogP contribution >= 0.6 is 0 Å². The van der Waals surface area contributed by atoms with Crippen LogP contribution in [-0.2, 0) is 4.74 Å². The third kappa shape index (κ3) is 12.0. The summed E-state index contributed by atoms with van der Waals surface area (Å²) >= 11 is 0. The molecule has 0 aliphatic carbocycles. The lowest BCUT2D eigenvalue weighted by molar-refractivity contribution is 0.0521. The zero-order chi connectivity index (χ0) is 14.9. The zero-order valence-corrected chi connectivity index (χ0v) is 13.1. The van der Waals surface area contributed by atoms with Crippen LogP contribution < -0.4 is 16.4 Å². The molecule has 0 aromatic heterocycles. The van der Waals surface area contributed by atoms with Gasteiger partial charge in [-0.05, 0) is 52.6 Å². The molecule has 0 aromatic rings. The first-order valence-electron chi connectivity index (χ1n) is 7.15. The molecule has 0 saturated carbocycles. The third-order valence-corrected chi connectivity index (χ3v) is 2.46. The van der Waals surface area contributed by atoms with Gasteiger partial charge < -0.3 is 21.1 Å². The molecule has 0 saturated heterocycles. The number of nitrogens with one attached hydrogen (secondary N) is 2. The maximum absolute atomic E-state index is 11.6. The minimum absolute atomic E-state index is 0.263. The zero-order valence-electron chi connectivity index (χ0n) is 13.1.